The fourth-order valence-electron chi connectivity index (χ4n) is 4.44. The second-order valence-corrected chi connectivity index (χ2v) is 9.86. The van der Waals surface area contributed by atoms with Gasteiger partial charge in [-0.1, -0.05) is 6.92 Å². The molecule has 1 atom stereocenters. The van der Waals surface area contributed by atoms with Gasteiger partial charge in [0, 0.05) is 43.5 Å². The Kier molecular flexibility index (Phi) is 7.26. The van der Waals surface area contributed by atoms with Crippen LogP contribution in [0.4, 0.5) is 16.0 Å². The highest BCUT2D eigenvalue weighted by Crippen LogP contribution is 2.44. The maximum Gasteiger partial charge on any atom is 0.149 e. The van der Waals surface area contributed by atoms with Crippen LogP contribution in [-0.4, -0.2) is 48.4 Å². The molecule has 6 nitrogen and oxygen atoms in total. The van der Waals surface area contributed by atoms with Crippen molar-refractivity contribution in [2.75, 3.05) is 30.9 Å². The van der Waals surface area contributed by atoms with Gasteiger partial charge in [-0.3, -0.25) is 0 Å². The Hall–Kier alpha value is -2.25. The van der Waals surface area contributed by atoms with Gasteiger partial charge < -0.3 is 20.7 Å². The average molecular weight is 442 g/mol. The Morgan fingerprint density at radius 2 is 1.88 bits per heavy atom. The van der Waals surface area contributed by atoms with Crippen LogP contribution in [0.3, 0.4) is 0 Å². The largest absolute Gasteiger partial charge is 0.383 e. The topological polar surface area (TPSA) is 71.1 Å². The minimum Gasteiger partial charge on any atom is -0.383 e. The van der Waals surface area contributed by atoms with Gasteiger partial charge in [0.05, 0.1) is 12.8 Å². The lowest BCUT2D eigenvalue weighted by Crippen LogP contribution is -2.42. The molecule has 2 aromatic rings. The minimum atomic E-state index is -0.318. The summed E-state index contributed by atoms with van der Waals surface area (Å²) in [6.07, 6.45) is 9.89. The summed E-state index contributed by atoms with van der Waals surface area (Å²) < 4.78 is 19.9. The van der Waals surface area contributed by atoms with Crippen molar-refractivity contribution in [1.82, 2.24) is 15.3 Å². The molecule has 7 heteroatoms. The number of aromatic nitrogens is 2. The van der Waals surface area contributed by atoms with Gasteiger partial charge in [-0.2, -0.15) is 0 Å². The first-order valence-corrected chi connectivity index (χ1v) is 11.8. The fraction of sp³-hybridized carbons (Fsp3) is 0.600. The summed E-state index contributed by atoms with van der Waals surface area (Å²) in [4.78, 5) is 8.70. The molecule has 0 aliphatic heterocycles. The third kappa shape index (κ3) is 6.17. The summed E-state index contributed by atoms with van der Waals surface area (Å²) in [5.41, 5.74) is 1.74. The number of rotatable bonds is 10. The van der Waals surface area contributed by atoms with Crippen LogP contribution >= 0.6 is 0 Å². The SMILES string of the molecule is COCC(C)NC1CCC(Nc2cc(-c3ccnc(NCC4(C)CC4)c3)c(F)cn2)CC1. The number of nitrogens with one attached hydrogen (secondary N) is 3. The van der Waals surface area contributed by atoms with Crippen molar-refractivity contribution >= 4 is 11.6 Å². The Balaban J connectivity index is 1.36. The Morgan fingerprint density at radius 1 is 1.12 bits per heavy atom. The highest BCUT2D eigenvalue weighted by molar-refractivity contribution is 5.69. The molecule has 2 aliphatic rings. The van der Waals surface area contributed by atoms with Gasteiger partial charge in [0.25, 0.3) is 0 Å². The zero-order valence-electron chi connectivity index (χ0n) is 19.5. The smallest absolute Gasteiger partial charge is 0.149 e. The van der Waals surface area contributed by atoms with Crippen LogP contribution in [0, 0.1) is 11.2 Å². The lowest BCUT2D eigenvalue weighted by Gasteiger charge is -2.31. The van der Waals surface area contributed by atoms with Crippen LogP contribution in [0.1, 0.15) is 52.4 Å². The van der Waals surface area contributed by atoms with Crippen LogP contribution in [0.5, 0.6) is 0 Å². The predicted octanol–water partition coefficient (Wildman–Crippen LogP) is 4.84. The van der Waals surface area contributed by atoms with Crippen molar-refractivity contribution in [2.24, 2.45) is 5.41 Å². The number of methoxy groups -OCH3 is 1. The molecule has 1 unspecified atom stereocenters. The fourth-order valence-corrected chi connectivity index (χ4v) is 4.44. The first-order chi connectivity index (χ1) is 15.4. The van der Waals surface area contributed by atoms with E-state index >= 15 is 0 Å². The number of nitrogens with zero attached hydrogens (tertiary/aromatic N) is 2. The van der Waals surface area contributed by atoms with Gasteiger partial charge in [0.15, 0.2) is 0 Å². The number of ether oxygens (including phenoxy) is 1. The maximum atomic E-state index is 14.6. The van der Waals surface area contributed by atoms with E-state index in [4.69, 9.17) is 4.74 Å². The number of pyridine rings is 2. The van der Waals surface area contributed by atoms with Crippen molar-refractivity contribution in [3.63, 3.8) is 0 Å². The van der Waals surface area contributed by atoms with E-state index in [9.17, 15) is 4.39 Å². The molecule has 0 radical (unpaired) electrons. The summed E-state index contributed by atoms with van der Waals surface area (Å²) in [6.45, 7) is 6.06. The van der Waals surface area contributed by atoms with Crippen molar-refractivity contribution in [3.8, 4) is 11.1 Å². The number of hydrogen-bond donors (Lipinski definition) is 3. The van der Waals surface area contributed by atoms with Gasteiger partial charge >= 0.3 is 0 Å². The highest BCUT2D eigenvalue weighted by Gasteiger charge is 2.36. The van der Waals surface area contributed by atoms with E-state index in [1.807, 2.05) is 18.2 Å². The lowest BCUT2D eigenvalue weighted by molar-refractivity contribution is 0.161. The summed E-state index contributed by atoms with van der Waals surface area (Å²) >= 11 is 0. The van der Waals surface area contributed by atoms with Gasteiger partial charge in [0.2, 0.25) is 0 Å². The predicted molar refractivity (Wildman–Crippen MR) is 127 cm³/mol. The van der Waals surface area contributed by atoms with E-state index in [2.05, 4.69) is 39.8 Å². The average Bonchev–Trinajstić information content (AvgIpc) is 3.53. The summed E-state index contributed by atoms with van der Waals surface area (Å²) in [5.74, 6) is 1.19. The molecule has 0 amide bonds. The zero-order valence-corrected chi connectivity index (χ0v) is 19.5. The summed E-state index contributed by atoms with van der Waals surface area (Å²) in [7, 11) is 1.74. The summed E-state index contributed by atoms with van der Waals surface area (Å²) in [5, 5.41) is 10.6. The quantitative estimate of drug-likeness (QED) is 0.490. The van der Waals surface area contributed by atoms with Crippen molar-refractivity contribution in [3.05, 3.63) is 36.4 Å². The van der Waals surface area contributed by atoms with E-state index in [1.165, 1.54) is 19.0 Å². The minimum absolute atomic E-state index is 0.318. The van der Waals surface area contributed by atoms with Crippen molar-refractivity contribution in [1.29, 1.82) is 0 Å². The molecule has 4 rings (SSSR count). The van der Waals surface area contributed by atoms with Gasteiger partial charge in [0.1, 0.15) is 17.5 Å². The monoisotopic (exact) mass is 441 g/mol. The Morgan fingerprint density at radius 3 is 2.59 bits per heavy atom. The molecule has 2 heterocycles. The zero-order chi connectivity index (χ0) is 22.6. The third-order valence-corrected chi connectivity index (χ3v) is 6.74. The lowest BCUT2D eigenvalue weighted by atomic mass is 9.90. The number of hydrogen-bond acceptors (Lipinski definition) is 6. The molecule has 2 fully saturated rings. The number of anilines is 2. The molecule has 32 heavy (non-hydrogen) atoms. The van der Waals surface area contributed by atoms with Crippen molar-refractivity contribution < 1.29 is 9.13 Å². The van der Waals surface area contributed by atoms with Gasteiger partial charge in [-0.25, -0.2) is 14.4 Å². The molecule has 0 aromatic carbocycles. The van der Waals surface area contributed by atoms with Crippen LogP contribution in [0.15, 0.2) is 30.6 Å². The van der Waals surface area contributed by atoms with Crippen LogP contribution < -0.4 is 16.0 Å². The molecule has 2 aromatic heterocycles. The first kappa shape index (κ1) is 22.9. The van der Waals surface area contributed by atoms with E-state index in [-0.39, 0.29) is 5.82 Å². The Bertz CT molecular complexity index is 896. The molecule has 174 valence electrons. The molecule has 0 saturated heterocycles. The second-order valence-electron chi connectivity index (χ2n) is 9.86. The molecule has 0 bridgehead atoms. The second kappa shape index (κ2) is 10.1. The van der Waals surface area contributed by atoms with Gasteiger partial charge in [-0.15, -0.1) is 0 Å². The molecule has 2 saturated carbocycles. The van der Waals surface area contributed by atoms with Crippen LogP contribution in [-0.2, 0) is 4.74 Å². The van der Waals surface area contributed by atoms with E-state index in [1.54, 1.807) is 13.3 Å². The molecule has 2 aliphatic carbocycles. The third-order valence-electron chi connectivity index (χ3n) is 6.74. The molecular formula is C25H36FN5O. The van der Waals surface area contributed by atoms with Crippen molar-refractivity contribution in [2.45, 2.75) is 70.5 Å². The van der Waals surface area contributed by atoms with E-state index < -0.39 is 0 Å². The molecule has 3 N–H and O–H groups in total. The van der Waals surface area contributed by atoms with Gasteiger partial charge in [-0.05, 0) is 74.6 Å². The normalized spacial score (nSPS) is 22.9. The maximum absolute atomic E-state index is 14.6. The molecular weight excluding hydrogens is 405 g/mol. The first-order valence-electron chi connectivity index (χ1n) is 11.8. The Labute approximate surface area is 190 Å². The van der Waals surface area contributed by atoms with E-state index in [0.29, 0.717) is 29.1 Å². The highest BCUT2D eigenvalue weighted by atomic mass is 19.1. The van der Waals surface area contributed by atoms with Crippen LogP contribution in [0.2, 0.25) is 0 Å². The van der Waals surface area contributed by atoms with E-state index in [0.717, 1.165) is 56.0 Å². The molecule has 0 spiro atoms. The number of halogens is 1. The standard InChI is InChI=1S/C25H36FN5O/c1-17(15-32-3)30-19-4-6-20(7-5-19)31-24-13-21(22(26)14-28-24)18-8-11-27-23(12-18)29-16-25(2)9-10-25/h8,11-14,17,19-20,30H,4-7,9-10,15-16H2,1-3H3,(H,27,29)(H,28,31). The summed E-state index contributed by atoms with van der Waals surface area (Å²) in [6, 6.07) is 6.83. The van der Waals surface area contributed by atoms with Crippen LogP contribution in [0.25, 0.3) is 11.1 Å².